The Hall–Kier alpha value is -7.17. The molecule has 0 atom stereocenters. The lowest BCUT2D eigenvalue weighted by atomic mass is 9.94. The summed E-state index contributed by atoms with van der Waals surface area (Å²) in [5.74, 6) is 0. The minimum Gasteiger partial charge on any atom is -0.422 e. The van der Waals surface area contributed by atoms with Gasteiger partial charge < -0.3 is 13.6 Å². The van der Waals surface area contributed by atoms with Crippen LogP contribution in [0.25, 0.3) is 99.0 Å². The van der Waals surface area contributed by atoms with E-state index < -0.39 is 0 Å². The first kappa shape index (κ1) is 29.5. The van der Waals surface area contributed by atoms with Crippen LogP contribution < -0.4 is 5.63 Å². The molecule has 8 aromatic carbocycles. The first-order chi connectivity index (χ1) is 26.2. The van der Waals surface area contributed by atoms with Gasteiger partial charge in [-0.3, -0.25) is 0 Å². The highest BCUT2D eigenvalue weighted by atomic mass is 16.4. The molecule has 0 N–H and O–H groups in total. The van der Waals surface area contributed by atoms with Gasteiger partial charge in [0.25, 0.3) is 0 Å². The molecule has 4 heteroatoms. The number of benzene rings is 8. The van der Waals surface area contributed by atoms with Crippen LogP contribution in [0.2, 0.25) is 0 Å². The summed E-state index contributed by atoms with van der Waals surface area (Å²) in [6.07, 6.45) is 0. The third-order valence-electron chi connectivity index (χ3n) is 10.7. The highest BCUT2D eigenvalue weighted by Gasteiger charge is 2.23. The molecule has 0 amide bonds. The van der Waals surface area contributed by atoms with Crippen LogP contribution >= 0.6 is 0 Å². The van der Waals surface area contributed by atoms with Gasteiger partial charge in [-0.25, -0.2) is 4.79 Å². The molecule has 11 aromatic rings. The van der Waals surface area contributed by atoms with E-state index in [1.165, 1.54) is 21.8 Å². The van der Waals surface area contributed by atoms with E-state index in [2.05, 4.69) is 149 Å². The molecule has 4 nitrogen and oxygen atoms in total. The molecule has 248 valence electrons. The lowest BCUT2D eigenvalue weighted by Crippen LogP contribution is -2.04. The second-order valence-electron chi connectivity index (χ2n) is 13.6. The predicted molar refractivity (Wildman–Crippen MR) is 220 cm³/mol. The van der Waals surface area contributed by atoms with E-state index in [-0.39, 0.29) is 5.63 Å². The van der Waals surface area contributed by atoms with Crippen molar-refractivity contribution >= 4 is 65.4 Å². The highest BCUT2D eigenvalue weighted by Crippen LogP contribution is 2.44. The Kier molecular flexibility index (Phi) is 6.37. The molecule has 3 heterocycles. The van der Waals surface area contributed by atoms with Crippen LogP contribution in [0.4, 0.5) is 0 Å². The van der Waals surface area contributed by atoms with Crippen molar-refractivity contribution < 1.29 is 4.42 Å². The monoisotopic (exact) mass is 678 g/mol. The van der Waals surface area contributed by atoms with Crippen LogP contribution in [0.15, 0.2) is 191 Å². The molecule has 53 heavy (non-hydrogen) atoms. The Morgan fingerprint density at radius 3 is 1.60 bits per heavy atom. The fourth-order valence-corrected chi connectivity index (χ4v) is 8.44. The summed E-state index contributed by atoms with van der Waals surface area (Å²) >= 11 is 0. The largest absolute Gasteiger partial charge is 0.422 e. The molecule has 0 saturated carbocycles. The number of para-hydroxylation sites is 4. The fourth-order valence-electron chi connectivity index (χ4n) is 8.44. The average Bonchev–Trinajstić information content (AvgIpc) is 3.73. The maximum Gasteiger partial charge on any atom is 0.344 e. The zero-order chi connectivity index (χ0) is 35.0. The maximum atomic E-state index is 14.0. The summed E-state index contributed by atoms with van der Waals surface area (Å²) in [5.41, 5.74) is 10.9. The summed E-state index contributed by atoms with van der Waals surface area (Å²) in [5, 5.41) is 7.02. The molecule has 0 unspecified atom stereocenters. The summed E-state index contributed by atoms with van der Waals surface area (Å²) in [7, 11) is 0. The van der Waals surface area contributed by atoms with Crippen molar-refractivity contribution in [3.63, 3.8) is 0 Å². The molecule has 0 aliphatic carbocycles. The number of rotatable bonds is 4. The highest BCUT2D eigenvalue weighted by molar-refractivity contribution is 6.28. The van der Waals surface area contributed by atoms with Gasteiger partial charge in [0.05, 0.1) is 27.5 Å². The summed E-state index contributed by atoms with van der Waals surface area (Å²) < 4.78 is 10.7. The first-order valence-corrected chi connectivity index (χ1v) is 17.9. The van der Waals surface area contributed by atoms with Gasteiger partial charge in [-0.1, -0.05) is 115 Å². The van der Waals surface area contributed by atoms with Gasteiger partial charge in [0.1, 0.15) is 5.58 Å². The van der Waals surface area contributed by atoms with Gasteiger partial charge in [-0.05, 0) is 89.0 Å². The molecular formula is C49H30N2O2. The molecule has 0 fully saturated rings. The van der Waals surface area contributed by atoms with Crippen LogP contribution in [0.3, 0.4) is 0 Å². The second-order valence-corrected chi connectivity index (χ2v) is 13.6. The van der Waals surface area contributed by atoms with Crippen LogP contribution in [-0.2, 0) is 0 Å². The normalized spacial score (nSPS) is 11.8. The van der Waals surface area contributed by atoms with Gasteiger partial charge in [0, 0.05) is 43.7 Å². The molecular weight excluding hydrogens is 649 g/mol. The van der Waals surface area contributed by atoms with E-state index in [9.17, 15) is 4.79 Å². The van der Waals surface area contributed by atoms with Gasteiger partial charge in [0.2, 0.25) is 0 Å². The van der Waals surface area contributed by atoms with Gasteiger partial charge in [-0.2, -0.15) is 0 Å². The number of aromatic nitrogens is 2. The maximum absolute atomic E-state index is 14.0. The van der Waals surface area contributed by atoms with Crippen LogP contribution in [0, 0.1) is 0 Å². The molecule has 0 aliphatic heterocycles. The molecule has 0 bridgehead atoms. The Bertz CT molecular complexity index is 3280. The Morgan fingerprint density at radius 2 is 0.906 bits per heavy atom. The van der Waals surface area contributed by atoms with E-state index in [0.29, 0.717) is 11.0 Å². The van der Waals surface area contributed by atoms with E-state index in [1.807, 2.05) is 42.5 Å². The third-order valence-corrected chi connectivity index (χ3v) is 10.7. The summed E-state index contributed by atoms with van der Waals surface area (Å²) in [6, 6.07) is 63.5. The lowest BCUT2D eigenvalue weighted by molar-refractivity contribution is 0.570. The van der Waals surface area contributed by atoms with Crippen LogP contribution in [0.5, 0.6) is 0 Å². The van der Waals surface area contributed by atoms with Crippen molar-refractivity contribution in [2.45, 2.75) is 0 Å². The van der Waals surface area contributed by atoms with E-state index >= 15 is 0 Å². The minimum absolute atomic E-state index is 0.340. The minimum atomic E-state index is -0.340. The molecule has 0 spiro atoms. The topological polar surface area (TPSA) is 40.1 Å². The predicted octanol–water partition coefficient (Wildman–Crippen LogP) is 12.5. The van der Waals surface area contributed by atoms with Crippen molar-refractivity contribution in [2.24, 2.45) is 0 Å². The summed E-state index contributed by atoms with van der Waals surface area (Å²) in [4.78, 5) is 14.0. The van der Waals surface area contributed by atoms with E-state index in [0.717, 1.165) is 66.2 Å². The Labute approximate surface area is 304 Å². The SMILES string of the molecule is O=c1oc2ccccc2c2c1c(-c1ccccc1)cc1c3cc(-c4ccc5c(c4)c4ccccc4n5-c4ccccc4)ccc3n(-c3ccccc3)c12. The van der Waals surface area contributed by atoms with E-state index in [1.54, 1.807) is 0 Å². The fraction of sp³-hybridized carbons (Fsp3) is 0. The second kappa shape index (κ2) is 11.4. The lowest BCUT2D eigenvalue weighted by Gasteiger charge is -2.13. The van der Waals surface area contributed by atoms with Crippen molar-refractivity contribution in [1.82, 2.24) is 9.13 Å². The van der Waals surface area contributed by atoms with Crippen LogP contribution in [0.1, 0.15) is 0 Å². The molecule has 3 aromatic heterocycles. The number of fused-ring (bicyclic) bond motifs is 10. The molecule has 11 rings (SSSR count). The molecule has 0 radical (unpaired) electrons. The van der Waals surface area contributed by atoms with Crippen molar-refractivity contribution in [1.29, 1.82) is 0 Å². The average molecular weight is 679 g/mol. The number of hydrogen-bond acceptors (Lipinski definition) is 2. The zero-order valence-corrected chi connectivity index (χ0v) is 28.5. The standard InChI is InChI=1S/C49H30N2O2/c52-49-47-38(31-14-4-1-5-15-31)30-41-40-29-33(32-24-26-43-39(28-32)36-20-10-12-22-42(36)50(43)34-16-6-2-7-17-34)25-27-44(40)51(35-18-8-3-9-19-35)48(41)46(47)37-21-11-13-23-45(37)53-49/h1-30H. The van der Waals surface area contributed by atoms with Gasteiger partial charge in [-0.15, -0.1) is 0 Å². The number of nitrogens with zero attached hydrogens (tertiary/aromatic N) is 2. The third kappa shape index (κ3) is 4.39. The Balaban J connectivity index is 1.25. The number of hydrogen-bond donors (Lipinski definition) is 0. The zero-order valence-electron chi connectivity index (χ0n) is 28.5. The molecule has 0 saturated heterocycles. The smallest absolute Gasteiger partial charge is 0.344 e. The van der Waals surface area contributed by atoms with Gasteiger partial charge in [0.15, 0.2) is 0 Å². The van der Waals surface area contributed by atoms with Gasteiger partial charge >= 0.3 is 5.63 Å². The van der Waals surface area contributed by atoms with Crippen molar-refractivity contribution in [3.8, 4) is 33.6 Å². The quantitative estimate of drug-likeness (QED) is 0.137. The van der Waals surface area contributed by atoms with Crippen LogP contribution in [-0.4, -0.2) is 9.13 Å². The first-order valence-electron chi connectivity index (χ1n) is 17.9. The van der Waals surface area contributed by atoms with Crippen molar-refractivity contribution in [3.05, 3.63) is 192 Å². The molecule has 0 aliphatic rings. The van der Waals surface area contributed by atoms with E-state index in [4.69, 9.17) is 4.42 Å². The Morgan fingerprint density at radius 1 is 0.377 bits per heavy atom. The van der Waals surface area contributed by atoms with Crippen molar-refractivity contribution in [2.75, 3.05) is 0 Å². The summed E-state index contributed by atoms with van der Waals surface area (Å²) in [6.45, 7) is 0.